The van der Waals surface area contributed by atoms with E-state index in [1.54, 1.807) is 16.8 Å². The maximum Gasteiger partial charge on any atom is 0.260 e. The van der Waals surface area contributed by atoms with E-state index in [0.717, 1.165) is 36.1 Å². The number of pyridine rings is 1. The van der Waals surface area contributed by atoms with Crippen LogP contribution in [0.2, 0.25) is 5.02 Å². The van der Waals surface area contributed by atoms with Gasteiger partial charge in [0, 0.05) is 40.0 Å². The zero-order chi connectivity index (χ0) is 22.1. The van der Waals surface area contributed by atoms with Crippen molar-refractivity contribution < 1.29 is 4.74 Å². The lowest BCUT2D eigenvalue weighted by atomic mass is 10.1. The summed E-state index contributed by atoms with van der Waals surface area (Å²) in [7, 11) is 0. The van der Waals surface area contributed by atoms with Crippen molar-refractivity contribution in [2.24, 2.45) is 0 Å². The van der Waals surface area contributed by atoms with Crippen LogP contribution < -0.4 is 10.9 Å². The first-order chi connectivity index (χ1) is 15.6. The quantitative estimate of drug-likeness (QED) is 0.448. The summed E-state index contributed by atoms with van der Waals surface area (Å²) >= 11 is 6.42. The lowest BCUT2D eigenvalue weighted by molar-refractivity contribution is 0.0971. The van der Waals surface area contributed by atoms with Crippen molar-refractivity contribution in [1.29, 1.82) is 0 Å². The molecule has 162 valence electrons. The van der Waals surface area contributed by atoms with E-state index in [9.17, 15) is 4.79 Å². The number of ether oxygens (including phenoxy) is 1. The Hall–Kier alpha value is -3.22. The molecule has 6 nitrogen and oxygen atoms in total. The van der Waals surface area contributed by atoms with Crippen molar-refractivity contribution in [3.63, 3.8) is 0 Å². The van der Waals surface area contributed by atoms with Crippen LogP contribution in [0.1, 0.15) is 18.4 Å². The maximum absolute atomic E-state index is 13.6. The van der Waals surface area contributed by atoms with Crippen LogP contribution in [0.25, 0.3) is 22.2 Å². The van der Waals surface area contributed by atoms with Crippen molar-refractivity contribution >= 4 is 34.3 Å². The molecule has 2 aromatic carbocycles. The molecule has 1 saturated heterocycles. The smallest absolute Gasteiger partial charge is 0.260 e. The highest BCUT2D eigenvalue weighted by Crippen LogP contribution is 2.28. The van der Waals surface area contributed by atoms with Gasteiger partial charge >= 0.3 is 0 Å². The molecule has 1 atom stereocenters. The molecule has 3 heterocycles. The Morgan fingerprint density at radius 3 is 2.81 bits per heavy atom. The van der Waals surface area contributed by atoms with Gasteiger partial charge in [-0.2, -0.15) is 4.98 Å². The van der Waals surface area contributed by atoms with E-state index in [-0.39, 0.29) is 11.7 Å². The number of aromatic nitrogens is 3. The number of fused-ring (bicyclic) bond motifs is 1. The Kier molecular flexibility index (Phi) is 5.64. The van der Waals surface area contributed by atoms with Gasteiger partial charge in [0.1, 0.15) is 5.65 Å². The second-order valence-electron chi connectivity index (χ2n) is 8.06. The molecule has 1 aliphatic heterocycles. The van der Waals surface area contributed by atoms with Crippen LogP contribution in [0.4, 0.5) is 11.6 Å². The van der Waals surface area contributed by atoms with E-state index in [2.05, 4.69) is 10.3 Å². The summed E-state index contributed by atoms with van der Waals surface area (Å²) in [5, 5.41) is 4.55. The number of rotatable bonds is 5. The van der Waals surface area contributed by atoms with Crippen LogP contribution in [0, 0.1) is 6.92 Å². The first kappa shape index (κ1) is 20.7. The summed E-state index contributed by atoms with van der Waals surface area (Å²) in [6.07, 6.45) is 3.65. The molecule has 7 heteroatoms. The van der Waals surface area contributed by atoms with Gasteiger partial charge in [-0.1, -0.05) is 41.9 Å². The SMILES string of the molecule is Cc1cccc(Nc2ncc3cc(-c4ccccc4Cl)c(=O)n(C[C@H]4CCCO4)c3n2)c1. The largest absolute Gasteiger partial charge is 0.376 e. The predicted octanol–water partition coefficient (Wildman–Crippen LogP) is 5.34. The van der Waals surface area contributed by atoms with Gasteiger partial charge in [0.25, 0.3) is 5.56 Å². The van der Waals surface area contributed by atoms with Gasteiger partial charge in [-0.05, 0) is 49.6 Å². The Bertz CT molecular complexity index is 1350. The Morgan fingerprint density at radius 1 is 1.16 bits per heavy atom. The molecule has 0 spiro atoms. The van der Waals surface area contributed by atoms with Crippen LogP contribution in [-0.2, 0) is 11.3 Å². The molecule has 1 fully saturated rings. The standard InChI is InChI=1S/C25H23ClN4O2/c1-16-6-4-7-18(12-16)28-25-27-14-17-13-21(20-9-2-3-10-22(20)26)24(31)30(23(17)29-25)15-19-8-5-11-32-19/h2-4,6-7,9-10,12-14,19H,5,8,11,15H2,1H3,(H,27,28,29)/t19-/m1/s1. The minimum atomic E-state index is -0.138. The van der Waals surface area contributed by atoms with E-state index in [1.165, 1.54) is 0 Å². The Morgan fingerprint density at radius 2 is 2.03 bits per heavy atom. The lowest BCUT2D eigenvalue weighted by Gasteiger charge is -2.17. The molecule has 0 amide bonds. The number of hydrogen-bond acceptors (Lipinski definition) is 5. The minimum absolute atomic E-state index is 0.0134. The zero-order valence-electron chi connectivity index (χ0n) is 17.7. The summed E-state index contributed by atoms with van der Waals surface area (Å²) in [5.41, 5.74) is 3.70. The van der Waals surface area contributed by atoms with E-state index < -0.39 is 0 Å². The first-order valence-electron chi connectivity index (χ1n) is 10.7. The van der Waals surface area contributed by atoms with E-state index >= 15 is 0 Å². The van der Waals surface area contributed by atoms with Crippen molar-refractivity contribution in [2.75, 3.05) is 11.9 Å². The van der Waals surface area contributed by atoms with Crippen LogP contribution >= 0.6 is 11.6 Å². The highest BCUT2D eigenvalue weighted by Gasteiger charge is 2.21. The maximum atomic E-state index is 13.6. The second-order valence-corrected chi connectivity index (χ2v) is 8.46. The summed E-state index contributed by atoms with van der Waals surface area (Å²) < 4.78 is 7.53. The monoisotopic (exact) mass is 446 g/mol. The molecule has 32 heavy (non-hydrogen) atoms. The summed E-state index contributed by atoms with van der Waals surface area (Å²) in [6.45, 7) is 3.19. The van der Waals surface area contributed by atoms with Crippen molar-refractivity contribution in [2.45, 2.75) is 32.4 Å². The number of hydrogen-bond donors (Lipinski definition) is 1. The zero-order valence-corrected chi connectivity index (χ0v) is 18.5. The molecule has 1 aliphatic rings. The minimum Gasteiger partial charge on any atom is -0.376 e. The van der Waals surface area contributed by atoms with Crippen LogP contribution in [0.3, 0.4) is 0 Å². The fraction of sp³-hybridized carbons (Fsp3) is 0.240. The molecule has 5 rings (SSSR count). The Labute approximate surface area is 190 Å². The fourth-order valence-corrected chi connectivity index (χ4v) is 4.34. The Balaban J connectivity index is 1.64. The summed E-state index contributed by atoms with van der Waals surface area (Å²) in [4.78, 5) is 22.8. The fourth-order valence-electron chi connectivity index (χ4n) is 4.11. The van der Waals surface area contributed by atoms with Gasteiger partial charge in [0.05, 0.1) is 12.6 Å². The number of anilines is 2. The molecule has 1 N–H and O–H groups in total. The summed E-state index contributed by atoms with van der Waals surface area (Å²) in [5.74, 6) is 0.439. The van der Waals surface area contributed by atoms with Gasteiger partial charge in [0.15, 0.2) is 0 Å². The molecule has 0 aliphatic carbocycles. The van der Waals surface area contributed by atoms with Crippen molar-refractivity contribution in [1.82, 2.24) is 14.5 Å². The third-order valence-electron chi connectivity index (χ3n) is 5.68. The molecule has 0 saturated carbocycles. The van der Waals surface area contributed by atoms with Gasteiger partial charge in [-0.3, -0.25) is 9.36 Å². The van der Waals surface area contributed by atoms with Crippen molar-refractivity contribution in [3.05, 3.63) is 81.7 Å². The van der Waals surface area contributed by atoms with E-state index in [1.807, 2.05) is 55.5 Å². The highest BCUT2D eigenvalue weighted by atomic mass is 35.5. The average Bonchev–Trinajstić information content (AvgIpc) is 3.30. The van der Waals surface area contributed by atoms with Crippen LogP contribution in [0.15, 0.2) is 65.6 Å². The third-order valence-corrected chi connectivity index (χ3v) is 6.01. The molecular weight excluding hydrogens is 424 g/mol. The topological polar surface area (TPSA) is 69.0 Å². The highest BCUT2D eigenvalue weighted by molar-refractivity contribution is 6.33. The van der Waals surface area contributed by atoms with E-state index in [0.29, 0.717) is 34.3 Å². The number of aryl methyl sites for hydroxylation is 1. The number of nitrogens with one attached hydrogen (secondary N) is 1. The number of benzene rings is 2. The van der Waals surface area contributed by atoms with Gasteiger partial charge in [0.2, 0.25) is 5.95 Å². The molecule has 2 aromatic heterocycles. The molecule has 0 unspecified atom stereocenters. The molecular formula is C25H23ClN4O2. The predicted molar refractivity (Wildman–Crippen MR) is 128 cm³/mol. The van der Waals surface area contributed by atoms with Crippen LogP contribution in [0.5, 0.6) is 0 Å². The van der Waals surface area contributed by atoms with Gasteiger partial charge in [-0.25, -0.2) is 4.98 Å². The summed E-state index contributed by atoms with van der Waals surface area (Å²) in [6, 6.07) is 17.2. The van der Waals surface area contributed by atoms with E-state index in [4.69, 9.17) is 21.3 Å². The average molecular weight is 447 g/mol. The lowest BCUT2D eigenvalue weighted by Crippen LogP contribution is -2.28. The normalized spacial score (nSPS) is 15.9. The number of nitrogens with zero attached hydrogens (tertiary/aromatic N) is 3. The second kappa shape index (κ2) is 8.73. The molecule has 0 bridgehead atoms. The molecule has 4 aromatic rings. The van der Waals surface area contributed by atoms with Gasteiger partial charge in [-0.15, -0.1) is 0 Å². The van der Waals surface area contributed by atoms with Gasteiger partial charge < -0.3 is 10.1 Å². The third kappa shape index (κ3) is 4.11. The number of halogens is 1. The van der Waals surface area contributed by atoms with Crippen molar-refractivity contribution in [3.8, 4) is 11.1 Å². The first-order valence-corrected chi connectivity index (χ1v) is 11.1. The molecule has 0 radical (unpaired) electrons. The van der Waals surface area contributed by atoms with Crippen LogP contribution in [-0.4, -0.2) is 27.2 Å².